The Balaban J connectivity index is 1.44. The largest absolute Gasteiger partial charge is 0.486 e. The van der Waals surface area contributed by atoms with Crippen molar-refractivity contribution in [1.29, 1.82) is 0 Å². The number of nitrogens with zero attached hydrogens (tertiary/aromatic N) is 1. The Hall–Kier alpha value is -2.84. The van der Waals surface area contributed by atoms with Gasteiger partial charge in [-0.25, -0.2) is 8.42 Å². The second kappa shape index (κ2) is 8.26. The van der Waals surface area contributed by atoms with E-state index in [0.29, 0.717) is 43.5 Å². The number of hydrogen-bond acceptors (Lipinski definition) is 5. The molecule has 2 aliphatic rings. The van der Waals surface area contributed by atoms with Gasteiger partial charge in [-0.2, -0.15) is 4.31 Å². The molecule has 0 aliphatic carbocycles. The number of fused-ring (bicyclic) bond motifs is 1. The fourth-order valence-electron chi connectivity index (χ4n) is 3.33. The van der Waals surface area contributed by atoms with Crippen LogP contribution < -0.4 is 14.8 Å². The number of amides is 1. The highest BCUT2D eigenvalue weighted by atomic mass is 32.2. The fraction of sp³-hybridized carbons (Fsp3) is 0.286. The lowest BCUT2D eigenvalue weighted by molar-refractivity contribution is -0.111. The number of carbonyl (C=O) groups excluding carboxylic acids is 1. The average Bonchev–Trinajstić information content (AvgIpc) is 3.28. The van der Waals surface area contributed by atoms with Crippen molar-refractivity contribution in [3.8, 4) is 11.5 Å². The molecule has 0 saturated carbocycles. The number of hydrogen-bond donors (Lipinski definition) is 1. The number of nitrogens with one attached hydrogen (secondary N) is 1. The molecule has 0 spiro atoms. The van der Waals surface area contributed by atoms with Gasteiger partial charge in [0.25, 0.3) is 0 Å². The molecule has 7 nitrogen and oxygen atoms in total. The quantitative estimate of drug-likeness (QED) is 0.761. The molecule has 29 heavy (non-hydrogen) atoms. The summed E-state index contributed by atoms with van der Waals surface area (Å²) < 4.78 is 37.8. The Labute approximate surface area is 170 Å². The van der Waals surface area contributed by atoms with E-state index >= 15 is 0 Å². The Bertz CT molecular complexity index is 1040. The van der Waals surface area contributed by atoms with E-state index in [4.69, 9.17) is 9.47 Å². The van der Waals surface area contributed by atoms with Crippen molar-refractivity contribution in [2.45, 2.75) is 17.7 Å². The number of carbonyl (C=O) groups is 1. The molecule has 2 aromatic rings. The van der Waals surface area contributed by atoms with E-state index in [-0.39, 0.29) is 10.8 Å². The van der Waals surface area contributed by atoms with Gasteiger partial charge in [-0.3, -0.25) is 4.79 Å². The highest BCUT2D eigenvalue weighted by Gasteiger charge is 2.27. The van der Waals surface area contributed by atoms with Crippen LogP contribution in [-0.4, -0.2) is 44.9 Å². The van der Waals surface area contributed by atoms with Crippen molar-refractivity contribution >= 4 is 27.7 Å². The molecule has 0 aromatic heterocycles. The summed E-state index contributed by atoms with van der Waals surface area (Å²) in [5.74, 6) is 0.989. The highest BCUT2D eigenvalue weighted by molar-refractivity contribution is 7.89. The minimum absolute atomic E-state index is 0.188. The Kier molecular flexibility index (Phi) is 5.55. The lowest BCUT2D eigenvalue weighted by atomic mass is 10.2. The zero-order chi connectivity index (χ0) is 20.3. The van der Waals surface area contributed by atoms with Crippen molar-refractivity contribution < 1.29 is 22.7 Å². The Morgan fingerprint density at radius 3 is 2.55 bits per heavy atom. The minimum Gasteiger partial charge on any atom is -0.486 e. The molecule has 0 bridgehead atoms. The molecule has 2 aliphatic heterocycles. The molecular weight excluding hydrogens is 392 g/mol. The van der Waals surface area contributed by atoms with E-state index < -0.39 is 10.0 Å². The first-order valence-electron chi connectivity index (χ1n) is 9.51. The van der Waals surface area contributed by atoms with Crippen molar-refractivity contribution in [3.05, 3.63) is 54.1 Å². The molecule has 2 heterocycles. The summed E-state index contributed by atoms with van der Waals surface area (Å²) in [4.78, 5) is 12.5. The molecule has 0 atom stereocenters. The number of benzene rings is 2. The second-order valence-electron chi connectivity index (χ2n) is 6.86. The summed E-state index contributed by atoms with van der Waals surface area (Å²) in [6, 6.07) is 11.8. The number of ether oxygens (including phenoxy) is 2. The molecule has 152 valence electrons. The third-order valence-corrected chi connectivity index (χ3v) is 6.69. The zero-order valence-corrected chi connectivity index (χ0v) is 16.7. The summed E-state index contributed by atoms with van der Waals surface area (Å²) in [5, 5.41) is 2.71. The van der Waals surface area contributed by atoms with E-state index in [9.17, 15) is 13.2 Å². The predicted molar refractivity (Wildman–Crippen MR) is 110 cm³/mol. The molecule has 2 aromatic carbocycles. The molecule has 8 heteroatoms. The third-order valence-electron chi connectivity index (χ3n) is 4.80. The van der Waals surface area contributed by atoms with Crippen molar-refractivity contribution in [3.63, 3.8) is 0 Å². The van der Waals surface area contributed by atoms with Crippen molar-refractivity contribution in [1.82, 2.24) is 4.31 Å². The van der Waals surface area contributed by atoms with E-state index in [2.05, 4.69) is 5.32 Å². The van der Waals surface area contributed by atoms with E-state index in [1.807, 2.05) is 12.1 Å². The second-order valence-corrected chi connectivity index (χ2v) is 8.80. The van der Waals surface area contributed by atoms with Gasteiger partial charge in [-0.15, -0.1) is 0 Å². The highest BCUT2D eigenvalue weighted by Crippen LogP contribution is 2.31. The van der Waals surface area contributed by atoms with Crippen LogP contribution in [0.25, 0.3) is 6.08 Å². The topological polar surface area (TPSA) is 84.9 Å². The van der Waals surface area contributed by atoms with E-state index in [1.54, 1.807) is 30.3 Å². The Morgan fingerprint density at radius 1 is 1.00 bits per heavy atom. The lowest BCUT2D eigenvalue weighted by Crippen LogP contribution is -2.27. The molecule has 1 saturated heterocycles. The molecule has 4 rings (SSSR count). The van der Waals surface area contributed by atoms with Crippen LogP contribution in [0.2, 0.25) is 0 Å². The van der Waals surface area contributed by atoms with Crippen LogP contribution in [0.3, 0.4) is 0 Å². The predicted octanol–water partition coefficient (Wildman–Crippen LogP) is 2.89. The van der Waals surface area contributed by atoms with Crippen LogP contribution in [0.15, 0.2) is 53.4 Å². The number of anilines is 1. The number of sulfonamides is 1. The third kappa shape index (κ3) is 4.44. The molecule has 0 radical (unpaired) electrons. The van der Waals surface area contributed by atoms with Gasteiger partial charge >= 0.3 is 0 Å². The first kappa shape index (κ1) is 19.5. The fourth-order valence-corrected chi connectivity index (χ4v) is 4.89. The van der Waals surface area contributed by atoms with Crippen LogP contribution in [-0.2, 0) is 14.8 Å². The zero-order valence-electron chi connectivity index (χ0n) is 15.8. The standard InChI is InChI=1S/C21H22N2O5S/c24-21(9-7-16-6-8-19-20(14-16)28-13-12-27-19)22-17-4-3-5-18(15-17)29(25,26)23-10-1-2-11-23/h3-9,14-15H,1-2,10-13H2,(H,22,24)/b9-7+. The van der Waals surface area contributed by atoms with Crippen molar-refractivity contribution in [2.24, 2.45) is 0 Å². The maximum atomic E-state index is 12.7. The molecule has 1 amide bonds. The van der Waals surface area contributed by atoms with Crippen LogP contribution in [0.4, 0.5) is 5.69 Å². The Morgan fingerprint density at radius 2 is 1.76 bits per heavy atom. The van der Waals surface area contributed by atoms with Gasteiger partial charge in [-0.1, -0.05) is 12.1 Å². The first-order valence-corrected chi connectivity index (χ1v) is 11.0. The van der Waals surface area contributed by atoms with Gasteiger partial charge in [0.1, 0.15) is 13.2 Å². The smallest absolute Gasteiger partial charge is 0.248 e. The van der Waals surface area contributed by atoms with Crippen LogP contribution in [0, 0.1) is 0 Å². The summed E-state index contributed by atoms with van der Waals surface area (Å²) in [6.45, 7) is 2.10. The SMILES string of the molecule is O=C(/C=C/c1ccc2c(c1)OCCO2)Nc1cccc(S(=O)(=O)N2CCCC2)c1. The van der Waals surface area contributed by atoms with Gasteiger partial charge in [0.2, 0.25) is 15.9 Å². The van der Waals surface area contributed by atoms with E-state index in [0.717, 1.165) is 18.4 Å². The van der Waals surface area contributed by atoms with Gasteiger partial charge < -0.3 is 14.8 Å². The summed E-state index contributed by atoms with van der Waals surface area (Å²) >= 11 is 0. The molecule has 1 N–H and O–H groups in total. The molecule has 1 fully saturated rings. The van der Waals surface area contributed by atoms with Crippen LogP contribution in [0.1, 0.15) is 18.4 Å². The maximum absolute atomic E-state index is 12.7. The normalized spacial score (nSPS) is 16.8. The first-order chi connectivity index (χ1) is 14.0. The minimum atomic E-state index is -3.52. The van der Waals surface area contributed by atoms with Crippen molar-refractivity contribution in [2.75, 3.05) is 31.6 Å². The molecule has 0 unspecified atom stereocenters. The average molecular weight is 414 g/mol. The van der Waals surface area contributed by atoms with Crippen LogP contribution in [0.5, 0.6) is 11.5 Å². The number of rotatable bonds is 5. The van der Waals surface area contributed by atoms with Gasteiger partial charge in [0, 0.05) is 24.9 Å². The van der Waals surface area contributed by atoms with E-state index in [1.165, 1.54) is 16.4 Å². The lowest BCUT2D eigenvalue weighted by Gasteiger charge is -2.18. The summed E-state index contributed by atoms with van der Waals surface area (Å²) in [5.41, 5.74) is 1.23. The maximum Gasteiger partial charge on any atom is 0.248 e. The monoisotopic (exact) mass is 414 g/mol. The van der Waals surface area contributed by atoms with Gasteiger partial charge in [0.05, 0.1) is 4.90 Å². The van der Waals surface area contributed by atoms with Gasteiger partial charge in [0.15, 0.2) is 11.5 Å². The molecular formula is C21H22N2O5S. The summed E-state index contributed by atoms with van der Waals surface area (Å²) in [6.07, 6.45) is 4.81. The summed E-state index contributed by atoms with van der Waals surface area (Å²) in [7, 11) is -3.52. The van der Waals surface area contributed by atoms with Crippen LogP contribution >= 0.6 is 0 Å². The van der Waals surface area contributed by atoms with Gasteiger partial charge in [-0.05, 0) is 54.8 Å².